The minimum atomic E-state index is -1.04. The lowest BCUT2D eigenvalue weighted by molar-refractivity contribution is 0.0696. The molecule has 0 radical (unpaired) electrons. The molecule has 162 valence electrons. The lowest BCUT2D eigenvalue weighted by Crippen LogP contribution is -2.33. The zero-order chi connectivity index (χ0) is 22.9. The third-order valence-electron chi connectivity index (χ3n) is 5.93. The van der Waals surface area contributed by atoms with Gasteiger partial charge in [-0.05, 0) is 39.9 Å². The number of H-pyrrole nitrogens is 1. The predicted octanol–water partition coefficient (Wildman–Crippen LogP) is 3.95. The summed E-state index contributed by atoms with van der Waals surface area (Å²) in [5.74, 6) is -1.40. The van der Waals surface area contributed by atoms with Gasteiger partial charge in [-0.3, -0.25) is 14.3 Å². The molecular weight excluding hydrogens is 416 g/mol. The highest BCUT2D eigenvalue weighted by atomic mass is 16.4. The first-order chi connectivity index (χ1) is 16.0. The first-order valence-electron chi connectivity index (χ1n) is 10.5. The SMILES string of the molecule is O=C(O)c1cccc(Cn2cc(C3c4ccccc4C=Cc4ccccc43)c(=O)[nH]c2=O)c1. The minimum Gasteiger partial charge on any atom is -0.478 e. The normalized spacial score (nSPS) is 12.6. The van der Waals surface area contributed by atoms with Crippen molar-refractivity contribution in [1.82, 2.24) is 9.55 Å². The second-order valence-electron chi connectivity index (χ2n) is 8.00. The van der Waals surface area contributed by atoms with Crippen molar-refractivity contribution in [3.63, 3.8) is 0 Å². The van der Waals surface area contributed by atoms with Crippen LogP contribution in [0, 0.1) is 0 Å². The quantitative estimate of drug-likeness (QED) is 0.446. The molecule has 1 heterocycles. The Labute approximate surface area is 189 Å². The lowest BCUT2D eigenvalue weighted by Gasteiger charge is -2.21. The maximum absolute atomic E-state index is 13.1. The second kappa shape index (κ2) is 8.24. The molecule has 0 atom stereocenters. The number of hydrogen-bond acceptors (Lipinski definition) is 3. The first-order valence-corrected chi connectivity index (χ1v) is 10.5. The highest BCUT2D eigenvalue weighted by Crippen LogP contribution is 2.37. The van der Waals surface area contributed by atoms with Gasteiger partial charge in [0.1, 0.15) is 0 Å². The van der Waals surface area contributed by atoms with Gasteiger partial charge in [0.15, 0.2) is 0 Å². The lowest BCUT2D eigenvalue weighted by atomic mass is 9.83. The molecule has 1 aliphatic rings. The number of hydrogen-bond donors (Lipinski definition) is 2. The second-order valence-corrected chi connectivity index (χ2v) is 8.00. The van der Waals surface area contributed by atoms with Crippen LogP contribution in [0.5, 0.6) is 0 Å². The molecule has 33 heavy (non-hydrogen) atoms. The smallest absolute Gasteiger partial charge is 0.335 e. The largest absolute Gasteiger partial charge is 0.478 e. The number of carbonyl (C=O) groups is 1. The van der Waals surface area contributed by atoms with E-state index in [0.29, 0.717) is 11.1 Å². The molecule has 0 bridgehead atoms. The van der Waals surface area contributed by atoms with Crippen LogP contribution in [-0.4, -0.2) is 20.6 Å². The molecule has 0 saturated carbocycles. The topological polar surface area (TPSA) is 92.2 Å². The fourth-order valence-corrected chi connectivity index (χ4v) is 4.38. The van der Waals surface area contributed by atoms with Crippen LogP contribution in [0.4, 0.5) is 0 Å². The minimum absolute atomic E-state index is 0.137. The van der Waals surface area contributed by atoms with E-state index in [1.165, 1.54) is 16.7 Å². The van der Waals surface area contributed by atoms with E-state index >= 15 is 0 Å². The number of nitrogens with one attached hydrogen (secondary N) is 1. The molecular formula is C27H20N2O4. The number of aromatic nitrogens is 2. The highest BCUT2D eigenvalue weighted by molar-refractivity contribution is 5.87. The van der Waals surface area contributed by atoms with Crippen molar-refractivity contribution in [3.05, 3.63) is 139 Å². The number of aromatic carboxylic acids is 1. The van der Waals surface area contributed by atoms with E-state index in [1.807, 2.05) is 60.7 Å². The van der Waals surface area contributed by atoms with Gasteiger partial charge >= 0.3 is 11.7 Å². The number of nitrogens with zero attached hydrogens (tertiary/aromatic N) is 1. The number of carboxylic acid groups (broad SMARTS) is 1. The van der Waals surface area contributed by atoms with Crippen molar-refractivity contribution in [2.24, 2.45) is 0 Å². The van der Waals surface area contributed by atoms with Crippen molar-refractivity contribution in [3.8, 4) is 0 Å². The molecule has 0 aliphatic heterocycles. The van der Waals surface area contributed by atoms with Crippen LogP contribution in [0.3, 0.4) is 0 Å². The standard InChI is InChI=1S/C27H20N2O4/c30-25-23(16-29(27(33)28-25)15-17-6-5-9-20(14-17)26(31)32)24-21-10-3-1-7-18(21)12-13-19-8-2-4-11-22(19)24/h1-14,16,24H,15H2,(H,31,32)(H,28,30,33). The molecule has 4 aromatic rings. The fourth-order valence-electron chi connectivity index (χ4n) is 4.38. The van der Waals surface area contributed by atoms with E-state index in [4.69, 9.17) is 0 Å². The molecule has 6 heteroatoms. The van der Waals surface area contributed by atoms with Crippen molar-refractivity contribution in [2.75, 3.05) is 0 Å². The van der Waals surface area contributed by atoms with Gasteiger partial charge in [0.05, 0.1) is 12.1 Å². The van der Waals surface area contributed by atoms with Crippen molar-refractivity contribution in [2.45, 2.75) is 12.5 Å². The Morgan fingerprint density at radius 3 is 2.12 bits per heavy atom. The van der Waals surface area contributed by atoms with Gasteiger partial charge in [-0.1, -0.05) is 72.8 Å². The number of carboxylic acids is 1. The molecule has 3 aromatic carbocycles. The van der Waals surface area contributed by atoms with E-state index in [0.717, 1.165) is 22.3 Å². The molecule has 0 fully saturated rings. The maximum Gasteiger partial charge on any atom is 0.335 e. The average molecular weight is 436 g/mol. The molecule has 0 spiro atoms. The van der Waals surface area contributed by atoms with Crippen LogP contribution in [0.15, 0.2) is 88.6 Å². The average Bonchev–Trinajstić information content (AvgIpc) is 2.98. The fraction of sp³-hybridized carbons (Fsp3) is 0.0741. The van der Waals surface area contributed by atoms with Gasteiger partial charge in [0.25, 0.3) is 5.56 Å². The Morgan fingerprint density at radius 1 is 0.848 bits per heavy atom. The van der Waals surface area contributed by atoms with E-state index in [1.54, 1.807) is 18.3 Å². The summed E-state index contributed by atoms with van der Waals surface area (Å²) in [6, 6.07) is 22.2. The molecule has 0 amide bonds. The summed E-state index contributed by atoms with van der Waals surface area (Å²) in [6.07, 6.45) is 5.67. The number of rotatable bonds is 4. The van der Waals surface area contributed by atoms with Crippen LogP contribution >= 0.6 is 0 Å². The summed E-state index contributed by atoms with van der Waals surface area (Å²) in [4.78, 5) is 39.5. The summed E-state index contributed by atoms with van der Waals surface area (Å²) in [5.41, 5.74) is 4.22. The zero-order valence-electron chi connectivity index (χ0n) is 17.6. The van der Waals surface area contributed by atoms with Crippen LogP contribution in [0.2, 0.25) is 0 Å². The van der Waals surface area contributed by atoms with Gasteiger partial charge in [-0.2, -0.15) is 0 Å². The van der Waals surface area contributed by atoms with Crippen molar-refractivity contribution >= 4 is 18.1 Å². The Morgan fingerprint density at radius 2 is 1.48 bits per heavy atom. The summed E-state index contributed by atoms with van der Waals surface area (Å²) in [5, 5.41) is 9.27. The van der Waals surface area contributed by atoms with E-state index < -0.39 is 17.2 Å². The zero-order valence-corrected chi connectivity index (χ0v) is 17.6. The summed E-state index contributed by atoms with van der Waals surface area (Å²) >= 11 is 0. The van der Waals surface area contributed by atoms with Gasteiger partial charge in [-0.25, -0.2) is 9.59 Å². The molecule has 6 nitrogen and oxygen atoms in total. The maximum atomic E-state index is 13.1. The van der Waals surface area contributed by atoms with Crippen LogP contribution in [0.25, 0.3) is 12.2 Å². The molecule has 0 unspecified atom stereocenters. The predicted molar refractivity (Wildman–Crippen MR) is 127 cm³/mol. The van der Waals surface area contributed by atoms with Crippen molar-refractivity contribution < 1.29 is 9.90 Å². The van der Waals surface area contributed by atoms with Crippen molar-refractivity contribution in [1.29, 1.82) is 0 Å². The Hall–Kier alpha value is -4.45. The summed E-state index contributed by atoms with van der Waals surface area (Å²) in [6.45, 7) is 0.137. The Kier molecular flexibility index (Phi) is 5.11. The Balaban J connectivity index is 1.67. The molecule has 5 rings (SSSR count). The summed E-state index contributed by atoms with van der Waals surface area (Å²) < 4.78 is 1.42. The van der Waals surface area contributed by atoms with E-state index in [2.05, 4.69) is 4.98 Å². The number of aromatic amines is 1. The Bertz CT molecular complexity index is 1480. The monoisotopic (exact) mass is 436 g/mol. The summed E-state index contributed by atoms with van der Waals surface area (Å²) in [7, 11) is 0. The van der Waals surface area contributed by atoms with E-state index in [-0.39, 0.29) is 18.0 Å². The van der Waals surface area contributed by atoms with Gasteiger partial charge < -0.3 is 5.11 Å². The first kappa shape index (κ1) is 20.5. The molecule has 1 aromatic heterocycles. The molecule has 2 N–H and O–H groups in total. The molecule has 1 aliphatic carbocycles. The van der Waals surface area contributed by atoms with Crippen LogP contribution < -0.4 is 11.2 Å². The number of fused-ring (bicyclic) bond motifs is 2. The third kappa shape index (κ3) is 3.83. The van der Waals surface area contributed by atoms with Crippen LogP contribution in [-0.2, 0) is 6.54 Å². The molecule has 0 saturated heterocycles. The number of benzene rings is 3. The highest BCUT2D eigenvalue weighted by Gasteiger charge is 2.26. The van der Waals surface area contributed by atoms with Gasteiger partial charge in [0.2, 0.25) is 0 Å². The van der Waals surface area contributed by atoms with Crippen LogP contribution in [0.1, 0.15) is 49.7 Å². The van der Waals surface area contributed by atoms with Gasteiger partial charge in [0, 0.05) is 17.7 Å². The third-order valence-corrected chi connectivity index (χ3v) is 5.93. The van der Waals surface area contributed by atoms with Gasteiger partial charge in [-0.15, -0.1) is 0 Å². The van der Waals surface area contributed by atoms with E-state index in [9.17, 15) is 19.5 Å².